The third kappa shape index (κ3) is 6.72. The Morgan fingerprint density at radius 1 is 1.12 bits per heavy atom. The fourth-order valence-electron chi connectivity index (χ4n) is 2.44. The maximum Gasteiger partial charge on any atom is 0.303 e. The molecule has 1 heterocycles. The van der Waals surface area contributed by atoms with E-state index in [9.17, 15) is 9.59 Å². The molecule has 0 radical (unpaired) electrons. The van der Waals surface area contributed by atoms with E-state index in [0.29, 0.717) is 30.0 Å². The number of carbonyl (C=O) groups is 2. The van der Waals surface area contributed by atoms with Crippen LogP contribution >= 0.6 is 22.9 Å². The molecule has 1 atom stereocenters. The molecule has 1 amide bonds. The fourth-order valence-corrected chi connectivity index (χ4v) is 3.53. The van der Waals surface area contributed by atoms with E-state index in [-0.39, 0.29) is 18.4 Å². The zero-order valence-electron chi connectivity index (χ0n) is 13.2. The minimum absolute atomic E-state index is 0.0400. The van der Waals surface area contributed by atoms with E-state index in [1.807, 2.05) is 42.5 Å². The number of thiophene rings is 1. The van der Waals surface area contributed by atoms with E-state index < -0.39 is 5.97 Å². The Labute approximate surface area is 150 Å². The van der Waals surface area contributed by atoms with Crippen molar-refractivity contribution < 1.29 is 14.7 Å². The van der Waals surface area contributed by atoms with Gasteiger partial charge in [0.2, 0.25) is 5.91 Å². The summed E-state index contributed by atoms with van der Waals surface area (Å²) in [5, 5.41) is 11.9. The summed E-state index contributed by atoms with van der Waals surface area (Å²) in [6, 6.07) is 13.3. The van der Waals surface area contributed by atoms with E-state index in [1.165, 1.54) is 11.3 Å². The highest BCUT2D eigenvalue weighted by atomic mass is 35.5. The first-order valence-corrected chi connectivity index (χ1v) is 9.01. The van der Waals surface area contributed by atoms with Crippen molar-refractivity contribution in [2.24, 2.45) is 0 Å². The first-order chi connectivity index (χ1) is 11.5. The molecular weight excluding hydrogens is 346 g/mol. The van der Waals surface area contributed by atoms with Gasteiger partial charge in [0.1, 0.15) is 0 Å². The van der Waals surface area contributed by atoms with Crippen LogP contribution in [0, 0.1) is 0 Å². The molecule has 0 bridgehead atoms. The van der Waals surface area contributed by atoms with Gasteiger partial charge in [-0.1, -0.05) is 41.9 Å². The zero-order valence-corrected chi connectivity index (χ0v) is 14.8. The number of amides is 1. The lowest BCUT2D eigenvalue weighted by Gasteiger charge is -2.18. The van der Waals surface area contributed by atoms with Crippen molar-refractivity contribution in [2.75, 3.05) is 0 Å². The standard InChI is InChI=1S/C18H20ClNO3S/c19-16-9-7-15(24-16)8-10-17(21)20-14(6-11-18(22)23)12-13-4-2-1-3-5-13/h1-5,7,9,14H,6,8,10-12H2,(H,20,21)(H,22,23). The molecule has 24 heavy (non-hydrogen) atoms. The molecule has 1 aromatic carbocycles. The number of nitrogens with one attached hydrogen (secondary N) is 1. The first-order valence-electron chi connectivity index (χ1n) is 7.82. The normalized spacial score (nSPS) is 11.9. The monoisotopic (exact) mass is 365 g/mol. The van der Waals surface area contributed by atoms with E-state index in [4.69, 9.17) is 16.7 Å². The van der Waals surface area contributed by atoms with Crippen molar-refractivity contribution >= 4 is 34.8 Å². The molecule has 0 aliphatic heterocycles. The van der Waals surface area contributed by atoms with Gasteiger partial charge in [-0.3, -0.25) is 9.59 Å². The maximum atomic E-state index is 12.2. The fraction of sp³-hybridized carbons (Fsp3) is 0.333. The lowest BCUT2D eigenvalue weighted by molar-refractivity contribution is -0.137. The Bertz CT molecular complexity index is 672. The topological polar surface area (TPSA) is 66.4 Å². The zero-order chi connectivity index (χ0) is 17.4. The van der Waals surface area contributed by atoms with Gasteiger partial charge in [-0.05, 0) is 37.0 Å². The third-order valence-electron chi connectivity index (χ3n) is 3.62. The lowest BCUT2D eigenvalue weighted by Crippen LogP contribution is -2.37. The van der Waals surface area contributed by atoms with Gasteiger partial charge in [-0.2, -0.15) is 0 Å². The van der Waals surface area contributed by atoms with Crippen molar-refractivity contribution in [3.05, 3.63) is 57.2 Å². The van der Waals surface area contributed by atoms with Crippen LogP contribution in [0.3, 0.4) is 0 Å². The molecule has 0 spiro atoms. The van der Waals surface area contributed by atoms with Crippen LogP contribution in [-0.2, 0) is 22.4 Å². The van der Waals surface area contributed by atoms with Crippen LogP contribution in [-0.4, -0.2) is 23.0 Å². The van der Waals surface area contributed by atoms with Crippen LogP contribution in [0.1, 0.15) is 29.7 Å². The first kappa shape index (κ1) is 18.5. The van der Waals surface area contributed by atoms with Crippen LogP contribution in [0.5, 0.6) is 0 Å². The summed E-state index contributed by atoms with van der Waals surface area (Å²) in [5.41, 5.74) is 1.08. The highest BCUT2D eigenvalue weighted by molar-refractivity contribution is 7.16. The quantitative estimate of drug-likeness (QED) is 0.707. The number of rotatable bonds is 9. The molecule has 4 nitrogen and oxygen atoms in total. The average Bonchev–Trinajstić information content (AvgIpc) is 2.97. The molecular formula is C18H20ClNO3S. The molecule has 2 rings (SSSR count). The molecule has 0 aliphatic carbocycles. The van der Waals surface area contributed by atoms with Gasteiger partial charge in [-0.15, -0.1) is 11.3 Å². The van der Waals surface area contributed by atoms with Crippen molar-refractivity contribution in [1.29, 1.82) is 0 Å². The average molecular weight is 366 g/mol. The number of hydrogen-bond acceptors (Lipinski definition) is 3. The Balaban J connectivity index is 1.88. The van der Waals surface area contributed by atoms with E-state index in [2.05, 4.69) is 5.32 Å². The molecule has 6 heteroatoms. The van der Waals surface area contributed by atoms with Crippen LogP contribution < -0.4 is 5.32 Å². The number of aryl methyl sites for hydroxylation is 1. The number of carboxylic acids is 1. The molecule has 1 unspecified atom stereocenters. The number of carboxylic acid groups (broad SMARTS) is 1. The Kier molecular flexibility index (Phi) is 7.28. The van der Waals surface area contributed by atoms with E-state index >= 15 is 0 Å². The summed E-state index contributed by atoms with van der Waals surface area (Å²) in [6.45, 7) is 0. The summed E-state index contributed by atoms with van der Waals surface area (Å²) in [7, 11) is 0. The predicted molar refractivity (Wildman–Crippen MR) is 96.6 cm³/mol. The van der Waals surface area contributed by atoms with Crippen LogP contribution in [0.2, 0.25) is 4.34 Å². The SMILES string of the molecule is O=C(O)CCC(Cc1ccccc1)NC(=O)CCc1ccc(Cl)s1. The largest absolute Gasteiger partial charge is 0.481 e. The second-order valence-electron chi connectivity index (χ2n) is 5.59. The van der Waals surface area contributed by atoms with Crippen molar-refractivity contribution in [1.82, 2.24) is 5.32 Å². The highest BCUT2D eigenvalue weighted by Gasteiger charge is 2.15. The Morgan fingerprint density at radius 3 is 2.50 bits per heavy atom. The van der Waals surface area contributed by atoms with Gasteiger partial charge < -0.3 is 10.4 Å². The number of benzene rings is 1. The van der Waals surface area contributed by atoms with Gasteiger partial charge in [-0.25, -0.2) is 0 Å². The minimum atomic E-state index is -0.851. The Hall–Kier alpha value is -1.85. The number of aliphatic carboxylic acids is 1. The molecule has 0 saturated carbocycles. The maximum absolute atomic E-state index is 12.2. The summed E-state index contributed by atoms with van der Waals surface area (Å²) < 4.78 is 0.717. The van der Waals surface area contributed by atoms with Gasteiger partial charge in [0.25, 0.3) is 0 Å². The second kappa shape index (κ2) is 9.45. The molecule has 0 fully saturated rings. The Morgan fingerprint density at radius 2 is 1.88 bits per heavy atom. The molecule has 0 saturated heterocycles. The third-order valence-corrected chi connectivity index (χ3v) is 4.91. The molecule has 1 aromatic heterocycles. The van der Waals surface area contributed by atoms with Gasteiger partial charge in [0.05, 0.1) is 4.34 Å². The predicted octanol–water partition coefficient (Wildman–Crippen LogP) is 3.93. The number of carbonyl (C=O) groups excluding carboxylic acids is 1. The van der Waals surface area contributed by atoms with Crippen LogP contribution in [0.25, 0.3) is 0 Å². The van der Waals surface area contributed by atoms with E-state index in [0.717, 1.165) is 10.4 Å². The van der Waals surface area contributed by atoms with Crippen LogP contribution in [0.4, 0.5) is 0 Å². The summed E-state index contributed by atoms with van der Waals surface area (Å²) >= 11 is 7.36. The molecule has 2 N–H and O–H groups in total. The van der Waals surface area contributed by atoms with Crippen molar-refractivity contribution in [3.63, 3.8) is 0 Å². The van der Waals surface area contributed by atoms with E-state index in [1.54, 1.807) is 0 Å². The molecule has 0 aliphatic rings. The second-order valence-corrected chi connectivity index (χ2v) is 7.39. The highest BCUT2D eigenvalue weighted by Crippen LogP contribution is 2.22. The minimum Gasteiger partial charge on any atom is -0.481 e. The molecule has 128 valence electrons. The number of hydrogen-bond donors (Lipinski definition) is 2. The smallest absolute Gasteiger partial charge is 0.303 e. The lowest BCUT2D eigenvalue weighted by atomic mass is 10.0. The summed E-state index contributed by atoms with van der Waals surface area (Å²) in [5.74, 6) is -0.915. The van der Waals surface area contributed by atoms with Crippen LogP contribution in [0.15, 0.2) is 42.5 Å². The van der Waals surface area contributed by atoms with Gasteiger partial charge in [0.15, 0.2) is 0 Å². The summed E-state index contributed by atoms with van der Waals surface area (Å²) in [4.78, 5) is 24.1. The van der Waals surface area contributed by atoms with Gasteiger partial charge in [0, 0.05) is 23.8 Å². The number of halogens is 1. The molecule has 2 aromatic rings. The van der Waals surface area contributed by atoms with Crippen molar-refractivity contribution in [2.45, 2.75) is 38.1 Å². The van der Waals surface area contributed by atoms with Crippen molar-refractivity contribution in [3.8, 4) is 0 Å². The van der Waals surface area contributed by atoms with Gasteiger partial charge >= 0.3 is 5.97 Å². The summed E-state index contributed by atoms with van der Waals surface area (Å²) in [6.07, 6.45) is 2.10.